The van der Waals surface area contributed by atoms with Gasteiger partial charge in [0.2, 0.25) is 10.0 Å². The third-order valence-corrected chi connectivity index (χ3v) is 6.33. The Morgan fingerprint density at radius 2 is 1.78 bits per heavy atom. The van der Waals surface area contributed by atoms with Gasteiger partial charge in [0, 0.05) is 30.0 Å². The lowest BCUT2D eigenvalue weighted by atomic mass is 10.2. The lowest BCUT2D eigenvalue weighted by Gasteiger charge is -2.26. The number of halogens is 3. The van der Waals surface area contributed by atoms with Gasteiger partial charge in [-0.1, -0.05) is 40.9 Å². The van der Waals surface area contributed by atoms with Crippen molar-refractivity contribution in [2.75, 3.05) is 0 Å². The van der Waals surface area contributed by atoms with Gasteiger partial charge < -0.3 is 0 Å². The molecule has 1 aromatic carbocycles. The molecule has 0 fully saturated rings. The smallest absolute Gasteiger partial charge is 0.246 e. The van der Waals surface area contributed by atoms with Crippen LogP contribution in [0.5, 0.6) is 0 Å². The summed E-state index contributed by atoms with van der Waals surface area (Å²) in [7, 11) is -3.89. The summed E-state index contributed by atoms with van der Waals surface area (Å²) in [5, 5.41) is 0.279. The Hall–Kier alpha value is -0.850. The van der Waals surface area contributed by atoms with Crippen molar-refractivity contribution in [2.24, 2.45) is 0 Å². The average molecular weight is 394 g/mol. The minimum atomic E-state index is -3.89. The van der Waals surface area contributed by atoms with Crippen molar-refractivity contribution < 1.29 is 8.42 Å². The molecule has 0 radical (unpaired) electrons. The van der Waals surface area contributed by atoms with Crippen LogP contribution in [0.3, 0.4) is 0 Å². The minimum absolute atomic E-state index is 0.000614. The van der Waals surface area contributed by atoms with Crippen LogP contribution in [0.4, 0.5) is 0 Å². The minimum Gasteiger partial charge on any atom is -0.264 e. The fourth-order valence-corrected chi connectivity index (χ4v) is 5.23. The largest absolute Gasteiger partial charge is 0.264 e. The SMILES string of the molecule is CC(C)N(Cc1cccnc1)S(=O)(=O)c1c(Cl)cc(Cl)cc1Cl. The third kappa shape index (κ3) is 4.17. The van der Waals surface area contributed by atoms with Crippen LogP contribution < -0.4 is 0 Å². The second-order valence-corrected chi connectivity index (χ2v) is 8.28. The van der Waals surface area contributed by atoms with Gasteiger partial charge >= 0.3 is 0 Å². The van der Waals surface area contributed by atoms with E-state index in [0.717, 1.165) is 5.56 Å². The molecule has 0 unspecified atom stereocenters. The highest BCUT2D eigenvalue weighted by Crippen LogP contribution is 2.35. The van der Waals surface area contributed by atoms with E-state index in [1.54, 1.807) is 32.3 Å². The maximum Gasteiger partial charge on any atom is 0.246 e. The molecule has 0 spiro atoms. The van der Waals surface area contributed by atoms with Crippen LogP contribution in [0.1, 0.15) is 19.4 Å². The van der Waals surface area contributed by atoms with Crippen LogP contribution in [-0.2, 0) is 16.6 Å². The topological polar surface area (TPSA) is 50.3 Å². The lowest BCUT2D eigenvalue weighted by molar-refractivity contribution is 0.348. The Morgan fingerprint density at radius 1 is 1.17 bits per heavy atom. The molecule has 0 amide bonds. The van der Waals surface area contributed by atoms with Gasteiger partial charge in [0.05, 0.1) is 10.0 Å². The van der Waals surface area contributed by atoms with E-state index in [9.17, 15) is 8.42 Å². The van der Waals surface area contributed by atoms with Crippen LogP contribution in [-0.4, -0.2) is 23.7 Å². The first kappa shape index (κ1) is 18.5. The summed E-state index contributed by atoms with van der Waals surface area (Å²) < 4.78 is 27.4. The van der Waals surface area contributed by atoms with Crippen LogP contribution in [0.2, 0.25) is 15.1 Å². The zero-order valence-electron chi connectivity index (χ0n) is 12.5. The Bertz CT molecular complexity index is 773. The number of aromatic nitrogens is 1. The quantitative estimate of drug-likeness (QED) is 0.743. The number of hydrogen-bond donors (Lipinski definition) is 0. The summed E-state index contributed by atoms with van der Waals surface area (Å²) in [4.78, 5) is 3.87. The van der Waals surface area contributed by atoms with Crippen LogP contribution >= 0.6 is 34.8 Å². The Balaban J connectivity index is 2.50. The number of nitrogens with zero attached hydrogens (tertiary/aromatic N) is 2. The number of rotatable bonds is 5. The van der Waals surface area contributed by atoms with Crippen molar-refractivity contribution in [2.45, 2.75) is 31.3 Å². The molecule has 8 heteroatoms. The van der Waals surface area contributed by atoms with Crippen molar-refractivity contribution >= 4 is 44.8 Å². The molecule has 0 aliphatic heterocycles. The maximum atomic E-state index is 13.0. The third-order valence-electron chi connectivity index (χ3n) is 3.17. The molecule has 1 heterocycles. The number of benzene rings is 1. The van der Waals surface area contributed by atoms with Gasteiger partial charge in [-0.25, -0.2) is 8.42 Å². The fraction of sp³-hybridized carbons (Fsp3) is 0.267. The zero-order chi connectivity index (χ0) is 17.2. The first-order chi connectivity index (χ1) is 10.7. The molecule has 0 aliphatic rings. The van der Waals surface area contributed by atoms with Crippen molar-refractivity contribution in [1.82, 2.24) is 9.29 Å². The molecule has 2 aromatic rings. The average Bonchev–Trinajstić information content (AvgIpc) is 2.43. The first-order valence-corrected chi connectivity index (χ1v) is 9.36. The molecule has 4 nitrogen and oxygen atoms in total. The van der Waals surface area contributed by atoms with Gasteiger partial charge in [-0.2, -0.15) is 4.31 Å². The van der Waals surface area contributed by atoms with E-state index < -0.39 is 10.0 Å². The molecule has 0 saturated heterocycles. The first-order valence-electron chi connectivity index (χ1n) is 6.78. The predicted octanol–water partition coefficient (Wildman–Crippen LogP) is 4.64. The van der Waals surface area contributed by atoms with E-state index in [4.69, 9.17) is 34.8 Å². The fourth-order valence-electron chi connectivity index (χ4n) is 2.11. The van der Waals surface area contributed by atoms with Gasteiger partial charge in [0.15, 0.2) is 0 Å². The second-order valence-electron chi connectivity index (χ2n) is 5.20. The molecule has 23 heavy (non-hydrogen) atoms. The van der Waals surface area contributed by atoms with Crippen molar-refractivity contribution in [3.05, 3.63) is 57.3 Å². The Morgan fingerprint density at radius 3 is 2.26 bits per heavy atom. The lowest BCUT2D eigenvalue weighted by Crippen LogP contribution is -2.36. The number of pyridine rings is 1. The summed E-state index contributed by atoms with van der Waals surface area (Å²) in [5.41, 5.74) is 0.769. The second kappa shape index (κ2) is 7.36. The number of sulfonamides is 1. The molecule has 2 rings (SSSR count). The van der Waals surface area contributed by atoms with Crippen LogP contribution in [0.25, 0.3) is 0 Å². The van der Waals surface area contributed by atoms with Crippen LogP contribution in [0, 0.1) is 0 Å². The number of hydrogen-bond acceptors (Lipinski definition) is 3. The predicted molar refractivity (Wildman–Crippen MR) is 93.6 cm³/mol. The highest BCUT2D eigenvalue weighted by atomic mass is 35.5. The Kier molecular flexibility index (Phi) is 5.92. The van der Waals surface area contributed by atoms with E-state index in [0.29, 0.717) is 0 Å². The molecule has 124 valence electrons. The van der Waals surface area contributed by atoms with E-state index in [-0.39, 0.29) is 32.5 Å². The van der Waals surface area contributed by atoms with Crippen molar-refractivity contribution in [3.63, 3.8) is 0 Å². The summed E-state index contributed by atoms with van der Waals surface area (Å²) in [5.74, 6) is 0. The highest BCUT2D eigenvalue weighted by Gasteiger charge is 2.31. The van der Waals surface area contributed by atoms with Gasteiger partial charge in [0.25, 0.3) is 0 Å². The van der Waals surface area contributed by atoms with Crippen molar-refractivity contribution in [1.29, 1.82) is 0 Å². The zero-order valence-corrected chi connectivity index (χ0v) is 15.6. The molecule has 1 aromatic heterocycles. The van der Waals surface area contributed by atoms with E-state index in [2.05, 4.69) is 4.98 Å². The van der Waals surface area contributed by atoms with Gasteiger partial charge in [-0.05, 0) is 37.6 Å². The molecular formula is C15H15Cl3N2O2S. The van der Waals surface area contributed by atoms with Crippen molar-refractivity contribution in [3.8, 4) is 0 Å². The maximum absolute atomic E-state index is 13.0. The van der Waals surface area contributed by atoms with Gasteiger partial charge in [-0.3, -0.25) is 4.98 Å². The van der Waals surface area contributed by atoms with Gasteiger partial charge in [0.1, 0.15) is 4.90 Å². The molecule has 0 bridgehead atoms. The summed E-state index contributed by atoms with van der Waals surface area (Å²) in [6, 6.07) is 6.00. The summed E-state index contributed by atoms with van der Waals surface area (Å²) >= 11 is 18.0. The molecular weight excluding hydrogens is 379 g/mol. The molecule has 0 atom stereocenters. The van der Waals surface area contributed by atoms with E-state index in [1.807, 2.05) is 6.07 Å². The molecule has 0 aliphatic carbocycles. The van der Waals surface area contributed by atoms with Crippen LogP contribution in [0.15, 0.2) is 41.6 Å². The monoisotopic (exact) mass is 392 g/mol. The standard InChI is InChI=1S/C15H15Cl3N2O2S/c1-10(2)20(9-11-4-3-5-19-8-11)23(21,22)15-13(17)6-12(16)7-14(15)18/h3-8,10H,9H2,1-2H3. The van der Waals surface area contributed by atoms with Gasteiger partial charge in [-0.15, -0.1) is 0 Å². The highest BCUT2D eigenvalue weighted by molar-refractivity contribution is 7.89. The summed E-state index contributed by atoms with van der Waals surface area (Å²) in [6.45, 7) is 3.74. The van der Waals surface area contributed by atoms with E-state index in [1.165, 1.54) is 16.4 Å². The normalized spacial score (nSPS) is 12.1. The molecule has 0 N–H and O–H groups in total. The molecule has 0 saturated carbocycles. The van der Waals surface area contributed by atoms with E-state index >= 15 is 0 Å². The summed E-state index contributed by atoms with van der Waals surface area (Å²) in [6.07, 6.45) is 3.25. The Labute approximate surface area is 151 Å².